The van der Waals surface area contributed by atoms with E-state index in [0.29, 0.717) is 0 Å². The zero-order chi connectivity index (χ0) is 21.3. The lowest BCUT2D eigenvalue weighted by Gasteiger charge is -2.22. The van der Waals surface area contributed by atoms with E-state index in [1.807, 2.05) is 0 Å². The van der Waals surface area contributed by atoms with E-state index < -0.39 is 43.9 Å². The smallest absolute Gasteiger partial charge is 0.356 e. The Balaban J connectivity index is 1.88. The maximum Gasteiger partial charge on any atom is 0.356 e. The highest BCUT2D eigenvalue weighted by atomic mass is 31.2. The number of imidazole rings is 1. The van der Waals surface area contributed by atoms with Crippen molar-refractivity contribution in [2.24, 2.45) is 0 Å². The lowest BCUT2D eigenvalue weighted by Crippen LogP contribution is -2.33. The molecular formula is C16H24N5O7P. The minimum atomic E-state index is -3.53. The van der Waals surface area contributed by atoms with Crippen LogP contribution in [0.1, 0.15) is 19.9 Å². The maximum absolute atomic E-state index is 12.6. The fourth-order valence-electron chi connectivity index (χ4n) is 3.35. The van der Waals surface area contributed by atoms with E-state index in [1.165, 1.54) is 10.9 Å². The number of nitrogens with one attached hydrogen (secondary N) is 1. The molecule has 1 aliphatic rings. The van der Waals surface area contributed by atoms with Crippen molar-refractivity contribution in [3.8, 4) is 0 Å². The number of nitrogens with two attached hydrogens (primary N) is 1. The molecule has 12 nitrogen and oxygen atoms in total. The number of fused-ring (bicyclic) bond motifs is 1. The first-order valence-corrected chi connectivity index (χ1v) is 10.7. The van der Waals surface area contributed by atoms with Crippen molar-refractivity contribution in [3.05, 3.63) is 28.8 Å². The zero-order valence-corrected chi connectivity index (χ0v) is 16.9. The topological polar surface area (TPSA) is 175 Å². The van der Waals surface area contributed by atoms with Crippen LogP contribution in [-0.4, -0.2) is 67.6 Å². The third-order valence-electron chi connectivity index (χ3n) is 4.54. The molecule has 13 heteroatoms. The molecule has 2 aromatic heterocycles. The summed E-state index contributed by atoms with van der Waals surface area (Å²) in [5, 5.41) is 21.1. The van der Waals surface area contributed by atoms with Gasteiger partial charge in [0.2, 0.25) is 5.95 Å². The average molecular weight is 429 g/mol. The fraction of sp³-hybridized carbons (Fsp3) is 0.562. The van der Waals surface area contributed by atoms with Gasteiger partial charge in [-0.15, -0.1) is 0 Å². The molecule has 0 spiro atoms. The number of anilines is 1. The highest BCUT2D eigenvalue weighted by Crippen LogP contribution is 2.49. The van der Waals surface area contributed by atoms with E-state index in [2.05, 4.69) is 21.5 Å². The quantitative estimate of drug-likeness (QED) is 0.334. The zero-order valence-electron chi connectivity index (χ0n) is 16.0. The van der Waals surface area contributed by atoms with E-state index in [-0.39, 0.29) is 35.9 Å². The normalized spacial score (nSPS) is 25.2. The van der Waals surface area contributed by atoms with Gasteiger partial charge < -0.3 is 34.3 Å². The monoisotopic (exact) mass is 429 g/mol. The minimum Gasteiger partial charge on any atom is -0.388 e. The molecule has 0 radical (unpaired) electrons. The van der Waals surface area contributed by atoms with Crippen LogP contribution >= 0.6 is 7.60 Å². The number of aliphatic hydroxyl groups is 2. The molecule has 0 bridgehead atoms. The molecule has 0 unspecified atom stereocenters. The van der Waals surface area contributed by atoms with Crippen LogP contribution in [0, 0.1) is 0 Å². The van der Waals surface area contributed by atoms with Crippen LogP contribution in [0.5, 0.6) is 0 Å². The van der Waals surface area contributed by atoms with Gasteiger partial charge in [-0.3, -0.25) is 14.3 Å². The molecule has 3 rings (SSSR count). The fourth-order valence-corrected chi connectivity index (χ4v) is 4.70. The van der Waals surface area contributed by atoms with Gasteiger partial charge in [0.05, 0.1) is 25.6 Å². The van der Waals surface area contributed by atoms with Crippen LogP contribution in [0.4, 0.5) is 5.95 Å². The minimum absolute atomic E-state index is 0.0234. The molecule has 0 aliphatic heterocycles. The second kappa shape index (κ2) is 8.34. The van der Waals surface area contributed by atoms with E-state index in [9.17, 15) is 19.6 Å². The summed E-state index contributed by atoms with van der Waals surface area (Å²) < 4.78 is 29.9. The number of nitrogen functional groups attached to an aromatic ring is 1. The Kier molecular flexibility index (Phi) is 6.22. The van der Waals surface area contributed by atoms with E-state index in [1.54, 1.807) is 13.8 Å². The molecule has 1 saturated carbocycles. The SMILES string of the molecule is C=C1[C@@H](n2cnc3c(=O)[nH]c(N)nc32)[C@H](O)[C@H](O)[C@H]1OCP(=O)(OCC)OCC. The highest BCUT2D eigenvalue weighted by Gasteiger charge is 2.47. The number of ether oxygens (including phenoxy) is 1. The summed E-state index contributed by atoms with van der Waals surface area (Å²) in [5.74, 6) is -0.120. The van der Waals surface area contributed by atoms with Gasteiger partial charge in [0.25, 0.3) is 5.56 Å². The number of aliphatic hydroxyl groups excluding tert-OH is 2. The number of hydrogen-bond acceptors (Lipinski definition) is 10. The second-order valence-corrected chi connectivity index (χ2v) is 8.44. The number of H-pyrrole nitrogens is 1. The largest absolute Gasteiger partial charge is 0.388 e. The molecule has 29 heavy (non-hydrogen) atoms. The molecule has 0 amide bonds. The molecule has 5 N–H and O–H groups in total. The second-order valence-electron chi connectivity index (χ2n) is 6.44. The highest BCUT2D eigenvalue weighted by molar-refractivity contribution is 7.53. The van der Waals surface area contributed by atoms with Gasteiger partial charge in [-0.05, 0) is 19.4 Å². The average Bonchev–Trinajstić information content (AvgIpc) is 3.14. The van der Waals surface area contributed by atoms with Gasteiger partial charge in [-0.25, -0.2) is 4.98 Å². The van der Waals surface area contributed by atoms with Gasteiger partial charge in [0.1, 0.15) is 24.7 Å². The summed E-state index contributed by atoms with van der Waals surface area (Å²) in [7, 11) is -3.53. The molecule has 2 aromatic rings. The van der Waals surface area contributed by atoms with Crippen molar-refractivity contribution in [3.63, 3.8) is 0 Å². The third-order valence-corrected chi connectivity index (χ3v) is 6.31. The van der Waals surface area contributed by atoms with Gasteiger partial charge >= 0.3 is 7.60 Å². The van der Waals surface area contributed by atoms with Crippen molar-refractivity contribution in [1.29, 1.82) is 0 Å². The molecule has 1 aliphatic carbocycles. The summed E-state index contributed by atoms with van der Waals surface area (Å²) in [6, 6.07) is -0.896. The van der Waals surface area contributed by atoms with Crippen molar-refractivity contribution < 1.29 is 28.6 Å². The number of nitrogens with zero attached hydrogens (tertiary/aromatic N) is 3. The predicted octanol–water partition coefficient (Wildman–Crippen LogP) is 0.143. The summed E-state index contributed by atoms with van der Waals surface area (Å²) >= 11 is 0. The number of aromatic nitrogens is 4. The summed E-state index contributed by atoms with van der Waals surface area (Å²) in [6.07, 6.45) is -2.90. The number of rotatable bonds is 8. The van der Waals surface area contributed by atoms with Gasteiger partial charge in [-0.2, -0.15) is 4.98 Å². The van der Waals surface area contributed by atoms with Crippen LogP contribution in [0.2, 0.25) is 0 Å². The predicted molar refractivity (Wildman–Crippen MR) is 103 cm³/mol. The molecule has 0 saturated heterocycles. The maximum atomic E-state index is 12.6. The lowest BCUT2D eigenvalue weighted by atomic mass is 10.1. The molecule has 1 fully saturated rings. The van der Waals surface area contributed by atoms with Crippen LogP contribution < -0.4 is 11.3 Å². The first-order chi connectivity index (χ1) is 13.7. The van der Waals surface area contributed by atoms with E-state index >= 15 is 0 Å². The summed E-state index contributed by atoms with van der Waals surface area (Å²) in [5.41, 5.74) is 5.50. The third kappa shape index (κ3) is 4.00. The van der Waals surface area contributed by atoms with Gasteiger partial charge in [0, 0.05) is 0 Å². The Hall–Kier alpha value is -2.08. The van der Waals surface area contributed by atoms with Crippen molar-refractivity contribution in [1.82, 2.24) is 19.5 Å². The Labute approximate surface area is 165 Å². The Morgan fingerprint density at radius 1 is 1.31 bits per heavy atom. The molecule has 2 heterocycles. The van der Waals surface area contributed by atoms with Crippen LogP contribution in [0.25, 0.3) is 11.2 Å². The van der Waals surface area contributed by atoms with E-state index in [0.717, 1.165) is 0 Å². The molecule has 0 aromatic carbocycles. The Morgan fingerprint density at radius 2 is 1.97 bits per heavy atom. The summed E-state index contributed by atoms with van der Waals surface area (Å²) in [4.78, 5) is 22.4. The van der Waals surface area contributed by atoms with Crippen LogP contribution in [-0.2, 0) is 18.3 Å². The number of hydrogen-bond donors (Lipinski definition) is 4. The molecule has 160 valence electrons. The standard InChI is InChI=1S/C16H24N5O7P/c1-4-27-29(25,28-5-2)7-26-13-8(3)10(11(22)12(13)23)21-6-18-9-14(21)19-16(17)20-15(9)24/h6,10-13,22-23H,3-5,7H2,1-2H3,(H3,17,19,20,24)/t10-,11+,12+,13+/m1/s1. The summed E-state index contributed by atoms with van der Waals surface area (Å²) in [6.45, 7) is 7.55. The first-order valence-electron chi connectivity index (χ1n) is 8.99. The first kappa shape index (κ1) is 21.6. The Bertz CT molecular complexity index is 995. The van der Waals surface area contributed by atoms with Gasteiger partial charge in [0.15, 0.2) is 11.2 Å². The van der Waals surface area contributed by atoms with Crippen LogP contribution in [0.3, 0.4) is 0 Å². The van der Waals surface area contributed by atoms with Crippen LogP contribution in [0.15, 0.2) is 23.3 Å². The van der Waals surface area contributed by atoms with Gasteiger partial charge in [-0.1, -0.05) is 6.58 Å². The van der Waals surface area contributed by atoms with Crippen molar-refractivity contribution >= 4 is 24.7 Å². The lowest BCUT2D eigenvalue weighted by molar-refractivity contribution is -0.0440. The number of aromatic amines is 1. The van der Waals surface area contributed by atoms with E-state index in [4.69, 9.17) is 19.5 Å². The molecular weight excluding hydrogens is 405 g/mol. The van der Waals surface area contributed by atoms with Crippen molar-refractivity contribution in [2.45, 2.75) is 38.2 Å². The Morgan fingerprint density at radius 3 is 2.59 bits per heavy atom. The molecule has 4 atom stereocenters. The van der Waals surface area contributed by atoms with Crippen molar-refractivity contribution in [2.75, 3.05) is 25.3 Å².